The van der Waals surface area contributed by atoms with Crippen LogP contribution in [0.3, 0.4) is 0 Å². The Labute approximate surface area is 207 Å². The number of carbonyl (C=O) groups excluding carboxylic acids is 1. The molecule has 0 saturated heterocycles. The zero-order valence-corrected chi connectivity index (χ0v) is 20.5. The number of benzene rings is 1. The molecular formula is C27H27F3N4O2. The number of hydrogen-bond donors (Lipinski definition) is 1. The molecule has 0 saturated carbocycles. The number of halogens is 3. The summed E-state index contributed by atoms with van der Waals surface area (Å²) in [6, 6.07) is 12.2. The number of ether oxygens (including phenoxy) is 1. The Hall–Kier alpha value is -3.88. The average Bonchev–Trinajstić information content (AvgIpc) is 3.20. The van der Waals surface area contributed by atoms with Crippen LogP contribution in [0.25, 0.3) is 11.0 Å². The topological polar surface area (TPSA) is 71.1 Å². The predicted octanol–water partition coefficient (Wildman–Crippen LogP) is 6.82. The largest absolute Gasteiger partial charge is 0.443 e. The van der Waals surface area contributed by atoms with Gasteiger partial charge in [0, 0.05) is 29.9 Å². The molecule has 0 fully saturated rings. The van der Waals surface area contributed by atoms with Crippen molar-refractivity contribution in [2.75, 3.05) is 4.90 Å². The van der Waals surface area contributed by atoms with Crippen molar-refractivity contribution >= 4 is 22.9 Å². The summed E-state index contributed by atoms with van der Waals surface area (Å²) in [4.78, 5) is 26.5. The van der Waals surface area contributed by atoms with E-state index in [9.17, 15) is 18.0 Å². The summed E-state index contributed by atoms with van der Waals surface area (Å²) in [6.07, 6.45) is -0.798. The monoisotopic (exact) mass is 496 g/mol. The Morgan fingerprint density at radius 1 is 1.03 bits per heavy atom. The minimum Gasteiger partial charge on any atom is -0.443 e. The van der Waals surface area contributed by atoms with Gasteiger partial charge in [-0.1, -0.05) is 18.2 Å². The van der Waals surface area contributed by atoms with Gasteiger partial charge in [0.15, 0.2) is 0 Å². The molecule has 6 nitrogen and oxygen atoms in total. The Kier molecular flexibility index (Phi) is 6.75. The van der Waals surface area contributed by atoms with E-state index in [2.05, 4.69) is 15.0 Å². The summed E-state index contributed by atoms with van der Waals surface area (Å²) in [5.41, 5.74) is 2.60. The van der Waals surface area contributed by atoms with Gasteiger partial charge in [0.2, 0.25) is 0 Å². The van der Waals surface area contributed by atoms with Crippen molar-refractivity contribution in [2.24, 2.45) is 0 Å². The predicted molar refractivity (Wildman–Crippen MR) is 132 cm³/mol. The van der Waals surface area contributed by atoms with E-state index in [-0.39, 0.29) is 6.54 Å². The standard InChI is InChI=1S/C27H27F3N4O2/c1-17-19(14-20-15-32-24-22(20)6-5-13-31-24)9-12-23(33-17)34(25(35)36-26(2,3)4)16-18-7-10-21(11-8-18)27(28,29)30/h5-13,15H,14,16H2,1-4H3,(H,31,32). The van der Waals surface area contributed by atoms with Crippen molar-refractivity contribution in [3.05, 3.63) is 88.9 Å². The van der Waals surface area contributed by atoms with Crippen LogP contribution in [0.5, 0.6) is 0 Å². The molecule has 36 heavy (non-hydrogen) atoms. The number of rotatable bonds is 5. The van der Waals surface area contributed by atoms with Crippen LogP contribution in [0.2, 0.25) is 0 Å². The van der Waals surface area contributed by atoms with Crippen molar-refractivity contribution in [1.82, 2.24) is 15.0 Å². The summed E-state index contributed by atoms with van der Waals surface area (Å²) in [6.45, 7) is 7.11. The molecule has 188 valence electrons. The third kappa shape index (κ3) is 5.84. The molecule has 0 aliphatic heterocycles. The van der Waals surface area contributed by atoms with E-state index >= 15 is 0 Å². The molecule has 4 aromatic rings. The number of H-pyrrole nitrogens is 1. The number of fused-ring (bicyclic) bond motifs is 1. The highest BCUT2D eigenvalue weighted by Gasteiger charge is 2.30. The van der Waals surface area contributed by atoms with E-state index in [4.69, 9.17) is 4.74 Å². The van der Waals surface area contributed by atoms with Crippen molar-refractivity contribution in [1.29, 1.82) is 0 Å². The van der Waals surface area contributed by atoms with E-state index in [1.165, 1.54) is 17.0 Å². The fraction of sp³-hybridized carbons (Fsp3) is 0.296. The van der Waals surface area contributed by atoms with Gasteiger partial charge in [-0.15, -0.1) is 0 Å². The minimum absolute atomic E-state index is 0.00690. The molecule has 0 atom stereocenters. The van der Waals surface area contributed by atoms with E-state index in [0.29, 0.717) is 17.8 Å². The number of alkyl halides is 3. The van der Waals surface area contributed by atoms with Gasteiger partial charge in [-0.3, -0.25) is 4.90 Å². The second kappa shape index (κ2) is 9.64. The fourth-order valence-corrected chi connectivity index (χ4v) is 3.82. The SMILES string of the molecule is Cc1nc(N(Cc2ccc(C(F)(F)F)cc2)C(=O)OC(C)(C)C)ccc1Cc1c[nH]c2ncccc12. The average molecular weight is 497 g/mol. The summed E-state index contributed by atoms with van der Waals surface area (Å²) < 4.78 is 44.5. The number of hydrogen-bond acceptors (Lipinski definition) is 4. The van der Waals surface area contributed by atoms with Crippen LogP contribution >= 0.6 is 0 Å². The van der Waals surface area contributed by atoms with E-state index in [1.54, 1.807) is 33.0 Å². The molecule has 3 heterocycles. The lowest BCUT2D eigenvalue weighted by molar-refractivity contribution is -0.137. The molecule has 1 amide bonds. The summed E-state index contributed by atoms with van der Waals surface area (Å²) in [5, 5.41) is 1.03. The maximum Gasteiger partial charge on any atom is 0.416 e. The number of nitrogens with zero attached hydrogens (tertiary/aromatic N) is 3. The van der Waals surface area contributed by atoms with Gasteiger partial charge < -0.3 is 9.72 Å². The van der Waals surface area contributed by atoms with Gasteiger partial charge >= 0.3 is 12.3 Å². The Bertz CT molecular complexity index is 1370. The maximum absolute atomic E-state index is 13.1. The van der Waals surface area contributed by atoms with E-state index < -0.39 is 23.4 Å². The number of aromatic amines is 1. The van der Waals surface area contributed by atoms with Crippen molar-refractivity contribution in [2.45, 2.75) is 52.4 Å². The minimum atomic E-state index is -4.43. The molecule has 3 aromatic heterocycles. The van der Waals surface area contributed by atoms with Gasteiger partial charge in [-0.05, 0) is 74.7 Å². The smallest absolute Gasteiger partial charge is 0.416 e. The van der Waals surface area contributed by atoms with Crippen molar-refractivity contribution < 1.29 is 22.7 Å². The highest BCUT2D eigenvalue weighted by atomic mass is 19.4. The van der Waals surface area contributed by atoms with Crippen LogP contribution in [0, 0.1) is 6.92 Å². The van der Waals surface area contributed by atoms with Gasteiger partial charge in [-0.25, -0.2) is 14.8 Å². The Morgan fingerprint density at radius 3 is 2.39 bits per heavy atom. The molecule has 0 aliphatic rings. The van der Waals surface area contributed by atoms with Gasteiger partial charge in [-0.2, -0.15) is 13.2 Å². The van der Waals surface area contributed by atoms with Crippen molar-refractivity contribution in [3.8, 4) is 0 Å². The molecule has 1 aromatic carbocycles. The van der Waals surface area contributed by atoms with Crippen LogP contribution in [-0.4, -0.2) is 26.6 Å². The molecule has 0 spiro atoms. The molecule has 1 N–H and O–H groups in total. The number of nitrogens with one attached hydrogen (secondary N) is 1. The molecule has 0 bridgehead atoms. The van der Waals surface area contributed by atoms with Gasteiger partial charge in [0.25, 0.3) is 0 Å². The lowest BCUT2D eigenvalue weighted by atomic mass is 10.0. The van der Waals surface area contributed by atoms with Crippen LogP contribution < -0.4 is 4.90 Å². The zero-order chi connectivity index (χ0) is 26.1. The first-order chi connectivity index (χ1) is 16.9. The Morgan fingerprint density at radius 2 is 1.75 bits per heavy atom. The summed E-state index contributed by atoms with van der Waals surface area (Å²) >= 11 is 0. The first-order valence-electron chi connectivity index (χ1n) is 11.4. The second-order valence-corrected chi connectivity index (χ2v) is 9.57. The van der Waals surface area contributed by atoms with E-state index in [0.717, 1.165) is 40.0 Å². The first kappa shape index (κ1) is 25.2. The highest BCUT2D eigenvalue weighted by molar-refractivity contribution is 5.86. The lowest BCUT2D eigenvalue weighted by Crippen LogP contribution is -2.37. The van der Waals surface area contributed by atoms with Crippen LogP contribution in [-0.2, 0) is 23.9 Å². The number of amides is 1. The third-order valence-corrected chi connectivity index (χ3v) is 5.61. The number of aromatic nitrogens is 3. The normalized spacial score (nSPS) is 12.1. The van der Waals surface area contributed by atoms with Crippen LogP contribution in [0.15, 0.2) is 60.9 Å². The molecular weight excluding hydrogens is 469 g/mol. The quantitative estimate of drug-likeness (QED) is 0.329. The molecule has 0 radical (unpaired) electrons. The summed E-state index contributed by atoms with van der Waals surface area (Å²) in [5.74, 6) is 0.353. The second-order valence-electron chi connectivity index (χ2n) is 9.57. The number of carbonyl (C=O) groups is 1. The number of pyridine rings is 2. The zero-order valence-electron chi connectivity index (χ0n) is 20.5. The molecule has 9 heteroatoms. The third-order valence-electron chi connectivity index (χ3n) is 5.61. The molecule has 0 unspecified atom stereocenters. The molecule has 4 rings (SSSR count). The summed E-state index contributed by atoms with van der Waals surface area (Å²) in [7, 11) is 0. The Balaban J connectivity index is 1.62. The number of anilines is 1. The lowest BCUT2D eigenvalue weighted by Gasteiger charge is -2.27. The molecule has 0 aliphatic carbocycles. The van der Waals surface area contributed by atoms with Gasteiger partial charge in [0.05, 0.1) is 12.1 Å². The van der Waals surface area contributed by atoms with E-state index in [1.807, 2.05) is 31.3 Å². The maximum atomic E-state index is 13.1. The highest BCUT2D eigenvalue weighted by Crippen LogP contribution is 2.30. The van der Waals surface area contributed by atoms with Gasteiger partial charge in [0.1, 0.15) is 17.1 Å². The first-order valence-corrected chi connectivity index (χ1v) is 11.4. The van der Waals surface area contributed by atoms with Crippen LogP contribution in [0.1, 0.15) is 48.7 Å². The van der Waals surface area contributed by atoms with Crippen molar-refractivity contribution in [3.63, 3.8) is 0 Å². The fourth-order valence-electron chi connectivity index (χ4n) is 3.82. The van der Waals surface area contributed by atoms with Crippen LogP contribution in [0.4, 0.5) is 23.8 Å². The number of aryl methyl sites for hydroxylation is 1.